The third kappa shape index (κ3) is 2.70. The smallest absolute Gasteiger partial charge is 0.165 e. The zero-order valence-corrected chi connectivity index (χ0v) is 10.0. The molecule has 0 amide bonds. The largest absolute Gasteiger partial charge is 0.316 e. The summed E-state index contributed by atoms with van der Waals surface area (Å²) >= 11 is 17.7. The monoisotopic (exact) mass is 253 g/mol. The first-order valence-corrected chi connectivity index (χ1v) is 5.03. The van der Waals surface area contributed by atoms with Crippen LogP contribution < -0.4 is 5.73 Å². The van der Waals surface area contributed by atoms with E-state index < -0.39 is 10.5 Å². The molecule has 78 valence electrons. The lowest BCUT2D eigenvalue weighted by atomic mass is 10.1. The van der Waals surface area contributed by atoms with Gasteiger partial charge in [0.25, 0.3) is 0 Å². The molecule has 14 heavy (non-hydrogen) atoms. The molecule has 1 aliphatic heterocycles. The molecule has 0 saturated carbocycles. The van der Waals surface area contributed by atoms with Crippen molar-refractivity contribution >= 4 is 47.2 Å². The predicted molar refractivity (Wildman–Crippen MR) is 62.6 cm³/mol. The molecule has 0 aliphatic carbocycles. The summed E-state index contributed by atoms with van der Waals surface area (Å²) in [5.74, 6) is 0. The lowest BCUT2D eigenvalue weighted by molar-refractivity contribution is 0.757. The number of nitrogens with two attached hydrogens (primary N) is 1. The van der Waals surface area contributed by atoms with Gasteiger partial charge < -0.3 is 5.73 Å². The molecule has 2 N–H and O–H groups in total. The van der Waals surface area contributed by atoms with Crippen molar-refractivity contribution in [2.75, 3.05) is 0 Å². The van der Waals surface area contributed by atoms with Crippen LogP contribution >= 0.6 is 34.8 Å². The van der Waals surface area contributed by atoms with Gasteiger partial charge in [0, 0.05) is 12.4 Å². The van der Waals surface area contributed by atoms with Crippen LogP contribution in [0.4, 0.5) is 0 Å². The summed E-state index contributed by atoms with van der Waals surface area (Å²) in [5.41, 5.74) is 4.91. The van der Waals surface area contributed by atoms with Crippen molar-refractivity contribution in [3.8, 4) is 0 Å². The SMILES string of the molecule is CC1(Cl)/C=N\C(Cl)=C(\Cl)C(C)(N)/C=N\1. The maximum atomic E-state index is 5.96. The van der Waals surface area contributed by atoms with Crippen molar-refractivity contribution in [2.45, 2.75) is 24.4 Å². The number of hydrogen-bond donors (Lipinski definition) is 1. The number of halogens is 3. The Bertz CT molecular complexity index is 329. The van der Waals surface area contributed by atoms with Gasteiger partial charge in [-0.25, -0.2) is 4.99 Å². The van der Waals surface area contributed by atoms with Crippen molar-refractivity contribution < 1.29 is 0 Å². The number of aliphatic imine (C=N–C) groups is 2. The minimum Gasteiger partial charge on any atom is -0.316 e. The summed E-state index contributed by atoms with van der Waals surface area (Å²) in [6, 6.07) is 0. The standard InChI is InChI=1S/C8H10Cl3N3/c1-7(12)3-14-8(2,11)4-13-6(10)5(7)9/h3-4H,12H2,1-2H3/b6-5+,13-4-,14-3-. The fourth-order valence-electron chi connectivity index (χ4n) is 0.804. The summed E-state index contributed by atoms with van der Waals surface area (Å²) in [7, 11) is 0. The van der Waals surface area contributed by atoms with E-state index in [0.29, 0.717) is 0 Å². The van der Waals surface area contributed by atoms with E-state index in [1.54, 1.807) is 13.8 Å². The Labute approximate surface area is 97.6 Å². The van der Waals surface area contributed by atoms with E-state index in [-0.39, 0.29) is 10.2 Å². The van der Waals surface area contributed by atoms with E-state index in [2.05, 4.69) is 9.98 Å². The molecule has 0 aromatic heterocycles. The first-order valence-electron chi connectivity index (χ1n) is 3.90. The number of alkyl halides is 1. The Balaban J connectivity index is 3.25. The molecule has 1 rings (SSSR count). The second-order valence-electron chi connectivity index (χ2n) is 3.43. The Morgan fingerprint density at radius 2 is 1.86 bits per heavy atom. The van der Waals surface area contributed by atoms with Crippen LogP contribution in [-0.2, 0) is 0 Å². The molecule has 1 aliphatic rings. The molecular weight excluding hydrogens is 244 g/mol. The van der Waals surface area contributed by atoms with Crippen LogP contribution in [0.5, 0.6) is 0 Å². The Morgan fingerprint density at radius 3 is 2.43 bits per heavy atom. The van der Waals surface area contributed by atoms with Crippen molar-refractivity contribution in [1.82, 2.24) is 0 Å². The predicted octanol–water partition coefficient (Wildman–Crippen LogP) is 2.46. The second-order valence-corrected chi connectivity index (χ2v) is 4.93. The van der Waals surface area contributed by atoms with Crippen molar-refractivity contribution in [3.05, 3.63) is 10.2 Å². The molecule has 1 heterocycles. The summed E-state index contributed by atoms with van der Waals surface area (Å²) in [5, 5.41) is 0.376. The zero-order valence-electron chi connectivity index (χ0n) is 7.76. The molecular formula is C8H10Cl3N3. The Hall–Kier alpha value is -0.0900. The quantitative estimate of drug-likeness (QED) is 0.524. The molecule has 0 bridgehead atoms. The van der Waals surface area contributed by atoms with Crippen LogP contribution in [0, 0.1) is 0 Å². The van der Waals surface area contributed by atoms with Gasteiger partial charge in [-0.15, -0.1) is 0 Å². The zero-order chi connectivity index (χ0) is 11.0. The van der Waals surface area contributed by atoms with Gasteiger partial charge in [-0.05, 0) is 13.8 Å². The van der Waals surface area contributed by atoms with E-state index >= 15 is 0 Å². The average Bonchev–Trinajstić information content (AvgIpc) is 2.09. The van der Waals surface area contributed by atoms with Crippen LogP contribution in [-0.4, -0.2) is 23.0 Å². The lowest BCUT2D eigenvalue weighted by Gasteiger charge is -2.23. The minimum absolute atomic E-state index is 0.134. The molecule has 0 aromatic carbocycles. The summed E-state index contributed by atoms with van der Waals surface area (Å²) in [4.78, 5) is 6.99. The molecule has 3 nitrogen and oxygen atoms in total. The summed E-state index contributed by atoms with van der Waals surface area (Å²) in [6.07, 6.45) is 2.88. The fraction of sp³-hybridized carbons (Fsp3) is 0.500. The van der Waals surface area contributed by atoms with Crippen LogP contribution in [0.1, 0.15) is 13.8 Å². The maximum Gasteiger partial charge on any atom is 0.165 e. The Kier molecular flexibility index (Phi) is 3.26. The highest BCUT2D eigenvalue weighted by Crippen LogP contribution is 2.27. The minimum atomic E-state index is -0.938. The normalized spacial score (nSPS) is 48.1. The summed E-state index contributed by atoms with van der Waals surface area (Å²) < 4.78 is 0. The first-order chi connectivity index (χ1) is 6.25. The van der Waals surface area contributed by atoms with Gasteiger partial charge in [0.2, 0.25) is 0 Å². The molecule has 6 heteroatoms. The van der Waals surface area contributed by atoms with Crippen LogP contribution in [0.2, 0.25) is 0 Å². The van der Waals surface area contributed by atoms with Gasteiger partial charge in [0.1, 0.15) is 5.16 Å². The molecule has 0 saturated heterocycles. The van der Waals surface area contributed by atoms with E-state index in [4.69, 9.17) is 40.5 Å². The number of hydrogen-bond acceptors (Lipinski definition) is 3. The number of rotatable bonds is 0. The average molecular weight is 255 g/mol. The summed E-state index contributed by atoms with van der Waals surface area (Å²) in [6.45, 7) is 3.35. The number of nitrogens with zero attached hydrogens (tertiary/aromatic N) is 2. The third-order valence-electron chi connectivity index (χ3n) is 1.65. The Morgan fingerprint density at radius 1 is 1.29 bits per heavy atom. The molecule has 0 aromatic rings. The molecule has 0 fully saturated rings. The fourth-order valence-corrected chi connectivity index (χ4v) is 1.25. The molecule has 2 atom stereocenters. The van der Waals surface area contributed by atoms with Gasteiger partial charge in [-0.2, -0.15) is 0 Å². The van der Waals surface area contributed by atoms with E-state index in [9.17, 15) is 0 Å². The van der Waals surface area contributed by atoms with Gasteiger partial charge in [-0.1, -0.05) is 34.8 Å². The van der Waals surface area contributed by atoms with Crippen molar-refractivity contribution in [3.63, 3.8) is 0 Å². The van der Waals surface area contributed by atoms with Gasteiger partial charge in [-0.3, -0.25) is 4.99 Å². The van der Waals surface area contributed by atoms with E-state index in [1.165, 1.54) is 12.4 Å². The van der Waals surface area contributed by atoms with E-state index in [1.807, 2.05) is 0 Å². The van der Waals surface area contributed by atoms with Crippen LogP contribution in [0.15, 0.2) is 20.2 Å². The van der Waals surface area contributed by atoms with Gasteiger partial charge in [0.05, 0.1) is 10.6 Å². The first kappa shape index (κ1) is 12.0. The molecule has 0 spiro atoms. The highest BCUT2D eigenvalue weighted by atomic mass is 35.5. The van der Waals surface area contributed by atoms with Gasteiger partial charge >= 0.3 is 0 Å². The molecule has 2 unspecified atom stereocenters. The lowest BCUT2D eigenvalue weighted by Crippen LogP contribution is -2.40. The second kappa shape index (κ2) is 3.81. The van der Waals surface area contributed by atoms with Crippen molar-refractivity contribution in [2.24, 2.45) is 15.7 Å². The third-order valence-corrected chi connectivity index (χ3v) is 2.82. The highest BCUT2D eigenvalue weighted by molar-refractivity contribution is 6.41. The highest BCUT2D eigenvalue weighted by Gasteiger charge is 2.27. The van der Waals surface area contributed by atoms with Crippen molar-refractivity contribution in [1.29, 1.82) is 0 Å². The van der Waals surface area contributed by atoms with E-state index in [0.717, 1.165) is 0 Å². The van der Waals surface area contributed by atoms with Crippen LogP contribution in [0.25, 0.3) is 0 Å². The molecule has 0 radical (unpaired) electrons. The van der Waals surface area contributed by atoms with Gasteiger partial charge in [0.15, 0.2) is 5.00 Å². The maximum absolute atomic E-state index is 5.96. The topological polar surface area (TPSA) is 50.7 Å². The van der Waals surface area contributed by atoms with Crippen LogP contribution in [0.3, 0.4) is 0 Å².